The van der Waals surface area contributed by atoms with Crippen LogP contribution in [0.25, 0.3) is 0 Å². The van der Waals surface area contributed by atoms with E-state index >= 15 is 0 Å². The summed E-state index contributed by atoms with van der Waals surface area (Å²) in [6, 6.07) is 14.7. The summed E-state index contributed by atoms with van der Waals surface area (Å²) < 4.78 is 0. The van der Waals surface area contributed by atoms with Gasteiger partial charge in [-0.2, -0.15) is 0 Å². The fraction of sp³-hybridized carbons (Fsp3) is 0.353. The van der Waals surface area contributed by atoms with Gasteiger partial charge in [-0.1, -0.05) is 30.3 Å². The van der Waals surface area contributed by atoms with Gasteiger partial charge >= 0.3 is 0 Å². The van der Waals surface area contributed by atoms with Gasteiger partial charge in [-0.05, 0) is 36.1 Å². The number of benzene rings is 1. The van der Waals surface area contributed by atoms with Crippen LogP contribution < -0.4 is 5.32 Å². The number of aromatic nitrogens is 1. The van der Waals surface area contributed by atoms with Crippen molar-refractivity contribution in [3.05, 3.63) is 66.0 Å². The molecule has 3 heteroatoms. The largest absolute Gasteiger partial charge is 0.396 e. The van der Waals surface area contributed by atoms with Crippen LogP contribution in [0.1, 0.15) is 30.0 Å². The van der Waals surface area contributed by atoms with Crippen LogP contribution in [-0.4, -0.2) is 23.2 Å². The normalized spacial score (nSPS) is 17.6. The lowest BCUT2D eigenvalue weighted by atomic mass is 9.98. The fourth-order valence-corrected chi connectivity index (χ4v) is 2.52. The molecular formula is C17H20N2O. The third-order valence-corrected chi connectivity index (χ3v) is 4.15. The molecule has 1 aromatic carbocycles. The molecule has 1 fully saturated rings. The Bertz CT molecular complexity index is 498. The Morgan fingerprint density at radius 2 is 1.70 bits per heavy atom. The van der Waals surface area contributed by atoms with E-state index in [4.69, 9.17) is 0 Å². The Hall–Kier alpha value is -1.71. The second-order valence-electron chi connectivity index (χ2n) is 5.66. The van der Waals surface area contributed by atoms with Gasteiger partial charge in [-0.15, -0.1) is 0 Å². The summed E-state index contributed by atoms with van der Waals surface area (Å²) in [6.45, 7) is 1.13. The summed E-state index contributed by atoms with van der Waals surface area (Å²) >= 11 is 0. The second-order valence-corrected chi connectivity index (χ2v) is 5.66. The van der Waals surface area contributed by atoms with Crippen LogP contribution in [0.5, 0.6) is 0 Å². The molecule has 1 atom stereocenters. The summed E-state index contributed by atoms with van der Waals surface area (Å²) in [5.74, 6) is 0. The first-order valence-electron chi connectivity index (χ1n) is 7.12. The number of pyridine rings is 1. The maximum absolute atomic E-state index is 9.46. The molecule has 1 aliphatic rings. The highest BCUT2D eigenvalue weighted by molar-refractivity contribution is 5.30. The van der Waals surface area contributed by atoms with E-state index in [9.17, 15) is 5.11 Å². The number of hydrogen-bond donors (Lipinski definition) is 2. The number of hydrogen-bond acceptors (Lipinski definition) is 3. The van der Waals surface area contributed by atoms with Gasteiger partial charge in [-0.3, -0.25) is 4.98 Å². The van der Waals surface area contributed by atoms with Crippen molar-refractivity contribution in [2.75, 3.05) is 13.2 Å². The Balaban J connectivity index is 1.81. The Labute approximate surface area is 119 Å². The molecule has 1 saturated carbocycles. The Morgan fingerprint density at radius 1 is 1.05 bits per heavy atom. The zero-order chi connectivity index (χ0) is 13.8. The smallest absolute Gasteiger partial charge is 0.0578 e. The molecule has 20 heavy (non-hydrogen) atoms. The SMILES string of the molecule is OCC1(CNC(c2ccccc2)c2ccncc2)CC1. The van der Waals surface area contributed by atoms with Crippen LogP contribution in [-0.2, 0) is 0 Å². The number of nitrogens with zero attached hydrogens (tertiary/aromatic N) is 1. The number of aliphatic hydroxyl groups excluding tert-OH is 1. The highest BCUT2D eigenvalue weighted by atomic mass is 16.3. The number of nitrogens with one attached hydrogen (secondary N) is 1. The van der Waals surface area contributed by atoms with Gasteiger partial charge < -0.3 is 10.4 Å². The van der Waals surface area contributed by atoms with Crippen LogP contribution in [0, 0.1) is 5.41 Å². The van der Waals surface area contributed by atoms with Crippen molar-refractivity contribution in [2.45, 2.75) is 18.9 Å². The van der Waals surface area contributed by atoms with Crippen LogP contribution in [0.4, 0.5) is 0 Å². The molecule has 0 bridgehead atoms. The minimum atomic E-state index is 0.111. The first-order valence-corrected chi connectivity index (χ1v) is 7.12. The van der Waals surface area contributed by atoms with E-state index in [2.05, 4.69) is 34.6 Å². The lowest BCUT2D eigenvalue weighted by Gasteiger charge is -2.22. The van der Waals surface area contributed by atoms with Crippen molar-refractivity contribution < 1.29 is 5.11 Å². The van der Waals surface area contributed by atoms with Crippen LogP contribution in [0.15, 0.2) is 54.9 Å². The first kappa shape index (κ1) is 13.3. The fourth-order valence-electron chi connectivity index (χ4n) is 2.52. The quantitative estimate of drug-likeness (QED) is 0.846. The van der Waals surface area contributed by atoms with Crippen molar-refractivity contribution in [3.8, 4) is 0 Å². The highest BCUT2D eigenvalue weighted by Crippen LogP contribution is 2.44. The molecule has 1 aliphatic carbocycles. The summed E-state index contributed by atoms with van der Waals surface area (Å²) in [5, 5.41) is 13.1. The molecule has 3 rings (SSSR count). The van der Waals surface area contributed by atoms with Crippen molar-refractivity contribution in [2.24, 2.45) is 5.41 Å². The van der Waals surface area contributed by atoms with E-state index < -0.39 is 0 Å². The van der Waals surface area contributed by atoms with Crippen LogP contribution >= 0.6 is 0 Å². The monoisotopic (exact) mass is 268 g/mol. The van der Waals surface area contributed by atoms with Gasteiger partial charge in [0, 0.05) is 31.0 Å². The van der Waals surface area contributed by atoms with E-state index in [1.807, 2.05) is 30.6 Å². The Morgan fingerprint density at radius 3 is 2.30 bits per heavy atom. The summed E-state index contributed by atoms with van der Waals surface area (Å²) in [6.07, 6.45) is 5.89. The third-order valence-electron chi connectivity index (χ3n) is 4.15. The van der Waals surface area contributed by atoms with E-state index in [1.54, 1.807) is 0 Å². The van der Waals surface area contributed by atoms with Gasteiger partial charge in [0.25, 0.3) is 0 Å². The van der Waals surface area contributed by atoms with Crippen LogP contribution in [0.2, 0.25) is 0 Å². The van der Waals surface area contributed by atoms with E-state index in [-0.39, 0.29) is 18.1 Å². The second kappa shape index (κ2) is 5.73. The van der Waals surface area contributed by atoms with Gasteiger partial charge in [-0.25, -0.2) is 0 Å². The molecule has 0 aliphatic heterocycles. The zero-order valence-corrected chi connectivity index (χ0v) is 11.5. The molecule has 104 valence electrons. The summed E-state index contributed by atoms with van der Waals surface area (Å²) in [5.41, 5.74) is 2.56. The van der Waals surface area contributed by atoms with E-state index in [0.29, 0.717) is 0 Å². The highest BCUT2D eigenvalue weighted by Gasteiger charge is 2.42. The molecule has 3 nitrogen and oxygen atoms in total. The lowest BCUT2D eigenvalue weighted by molar-refractivity contribution is 0.205. The predicted molar refractivity (Wildman–Crippen MR) is 79.3 cm³/mol. The maximum Gasteiger partial charge on any atom is 0.0578 e. The minimum Gasteiger partial charge on any atom is -0.396 e. The molecule has 1 heterocycles. The van der Waals surface area contributed by atoms with Crippen molar-refractivity contribution in [1.82, 2.24) is 10.3 Å². The lowest BCUT2D eigenvalue weighted by Crippen LogP contribution is -2.30. The first-order chi connectivity index (χ1) is 9.83. The van der Waals surface area contributed by atoms with Gasteiger partial charge in [0.15, 0.2) is 0 Å². The number of rotatable bonds is 6. The molecule has 2 aromatic rings. The van der Waals surface area contributed by atoms with E-state index in [1.165, 1.54) is 11.1 Å². The summed E-state index contributed by atoms with van der Waals surface area (Å²) in [4.78, 5) is 4.09. The maximum atomic E-state index is 9.46. The van der Waals surface area contributed by atoms with E-state index in [0.717, 1.165) is 19.4 Å². The molecule has 0 amide bonds. The van der Waals surface area contributed by atoms with Gasteiger partial charge in [0.2, 0.25) is 0 Å². The topological polar surface area (TPSA) is 45.1 Å². The Kier molecular flexibility index (Phi) is 3.81. The zero-order valence-electron chi connectivity index (χ0n) is 11.5. The third kappa shape index (κ3) is 2.89. The van der Waals surface area contributed by atoms with Gasteiger partial charge in [0.05, 0.1) is 6.04 Å². The van der Waals surface area contributed by atoms with Crippen LogP contribution in [0.3, 0.4) is 0 Å². The average molecular weight is 268 g/mol. The predicted octanol–water partition coefficient (Wildman–Crippen LogP) is 2.53. The van der Waals surface area contributed by atoms with Crippen molar-refractivity contribution in [1.29, 1.82) is 0 Å². The van der Waals surface area contributed by atoms with Crippen molar-refractivity contribution in [3.63, 3.8) is 0 Å². The molecule has 2 N–H and O–H groups in total. The molecular weight excluding hydrogens is 248 g/mol. The molecule has 0 saturated heterocycles. The molecule has 1 aromatic heterocycles. The molecule has 0 radical (unpaired) electrons. The summed E-state index contributed by atoms with van der Waals surface area (Å²) in [7, 11) is 0. The average Bonchev–Trinajstić information content (AvgIpc) is 3.30. The number of aliphatic hydroxyl groups is 1. The molecule has 1 unspecified atom stereocenters. The van der Waals surface area contributed by atoms with Crippen molar-refractivity contribution >= 4 is 0 Å². The minimum absolute atomic E-state index is 0.111. The molecule has 0 spiro atoms. The van der Waals surface area contributed by atoms with Gasteiger partial charge in [0.1, 0.15) is 0 Å². The standard InChI is InChI=1S/C17H20N2O/c20-13-17(8-9-17)12-19-16(14-4-2-1-3-5-14)15-6-10-18-11-7-15/h1-7,10-11,16,19-20H,8-9,12-13H2.